The van der Waals surface area contributed by atoms with Crippen molar-refractivity contribution in [2.75, 3.05) is 19.0 Å². The Hall–Kier alpha value is -5.43. The lowest BCUT2D eigenvalue weighted by atomic mass is 10.0. The van der Waals surface area contributed by atoms with Crippen molar-refractivity contribution in [1.29, 1.82) is 0 Å². The summed E-state index contributed by atoms with van der Waals surface area (Å²) in [6.07, 6.45) is 2.18. The minimum Gasteiger partial charge on any atom is -0.496 e. The maximum Gasteiger partial charge on any atom is 0.573 e. The molecule has 2 aliphatic carbocycles. The minimum absolute atomic E-state index is 0.00534. The average Bonchev–Trinajstić information content (AvgIpc) is 4.02. The van der Waals surface area contributed by atoms with Crippen molar-refractivity contribution < 1.29 is 50.2 Å². The number of halogens is 3. The smallest absolute Gasteiger partial charge is 0.496 e. The Labute approximate surface area is 379 Å². The Balaban J connectivity index is 1.15. The van der Waals surface area contributed by atoms with Gasteiger partial charge < -0.3 is 29.7 Å². The van der Waals surface area contributed by atoms with Gasteiger partial charge in [0.05, 0.1) is 29.6 Å². The second-order valence-corrected chi connectivity index (χ2v) is 21.1. The van der Waals surface area contributed by atoms with Crippen LogP contribution in [0.3, 0.4) is 0 Å². The molecule has 0 spiro atoms. The highest BCUT2D eigenvalue weighted by atomic mass is 32.2. The van der Waals surface area contributed by atoms with Crippen LogP contribution in [0, 0.1) is 12.8 Å². The number of methoxy groups -OCH3 is 1. The predicted octanol–water partition coefficient (Wildman–Crippen LogP) is 7.92. The van der Waals surface area contributed by atoms with Gasteiger partial charge in [0, 0.05) is 40.4 Å². The van der Waals surface area contributed by atoms with E-state index in [-0.39, 0.29) is 25.3 Å². The van der Waals surface area contributed by atoms with Crippen LogP contribution in [-0.2, 0) is 24.4 Å². The van der Waals surface area contributed by atoms with Gasteiger partial charge in [-0.25, -0.2) is 18.4 Å². The van der Waals surface area contributed by atoms with Crippen LogP contribution in [0.2, 0.25) is 0 Å². The van der Waals surface area contributed by atoms with E-state index in [0.29, 0.717) is 70.9 Å². The molecule has 0 unspecified atom stereocenters. The Morgan fingerprint density at radius 1 is 1.05 bits per heavy atom. The van der Waals surface area contributed by atoms with Crippen LogP contribution in [0.15, 0.2) is 60.0 Å². The number of sulfonamides is 1. The molecule has 0 bridgehead atoms. The number of alkyl halides is 3. The summed E-state index contributed by atoms with van der Waals surface area (Å²) < 4.78 is 83.2. The molecule has 65 heavy (non-hydrogen) atoms. The molecule has 8 rings (SSSR count). The number of nitrogens with one attached hydrogen (secondary N) is 3. The van der Waals surface area contributed by atoms with Gasteiger partial charge in [0.1, 0.15) is 51.7 Å². The topological polar surface area (TPSA) is 178 Å². The molecule has 4 aromatic rings. The zero-order chi connectivity index (χ0) is 46.5. The van der Waals surface area contributed by atoms with Crippen molar-refractivity contribution in [2.24, 2.45) is 5.92 Å². The van der Waals surface area contributed by atoms with E-state index in [1.807, 2.05) is 36.6 Å². The van der Waals surface area contributed by atoms with Crippen molar-refractivity contribution in [1.82, 2.24) is 24.9 Å². The summed E-state index contributed by atoms with van der Waals surface area (Å²) in [5, 5.41) is 9.45. The van der Waals surface area contributed by atoms with Crippen molar-refractivity contribution in [3.05, 3.63) is 71.3 Å². The SMILES string of the molecule is COc1ccc2c(O[C@@H]3C[C@H]4C(=O)N[C@]5(C(=O)NS(=O)(=O)C6(C)CC6)C[C@H]5C=CCCCCC[C@H](Nc5ccc(OC(F)(F)F)cc5)C(=O)N4C3)cc(-c3nc(C(C)C)cs3)nc2c1C. The van der Waals surface area contributed by atoms with Gasteiger partial charge in [0.25, 0.3) is 5.91 Å². The standard InChI is InChI=1S/C46H53F3N6O8S2/c1-26(2)35-25-64-41(52-35)34-22-38(32-17-18-37(61-5)27(3)39(32)51-34)62-31-21-36-40(56)53-45(43(58)54-65(59,60)44(4)19-20-44)23-28(45)11-9-7-6-8-10-12-33(42(57)55(36)24-31)50-29-13-15-30(16-14-29)63-46(47,48)49/h9,11,13-18,22,25-26,28,31,33,36,50H,6-8,10,12,19-21,23-24H2,1-5H3,(H,53,56)(H,54,58)/t28-,31-,33+,36+,45-/m1/s1. The van der Waals surface area contributed by atoms with Gasteiger partial charge in [-0.15, -0.1) is 24.5 Å². The third-order valence-corrected chi connectivity index (χ3v) is 15.9. The number of ether oxygens (including phenoxy) is 3. The molecule has 348 valence electrons. The zero-order valence-electron chi connectivity index (χ0n) is 36.8. The second kappa shape index (κ2) is 17.8. The van der Waals surface area contributed by atoms with Crippen LogP contribution in [-0.4, -0.2) is 89.5 Å². The van der Waals surface area contributed by atoms with E-state index in [2.05, 4.69) is 33.9 Å². The first-order valence-electron chi connectivity index (χ1n) is 21.9. The van der Waals surface area contributed by atoms with E-state index in [4.69, 9.17) is 19.4 Å². The summed E-state index contributed by atoms with van der Waals surface area (Å²) in [4.78, 5) is 55.0. The molecule has 14 nitrogen and oxygen atoms in total. The quantitative estimate of drug-likeness (QED) is 0.125. The number of benzene rings is 2. The number of allylic oxidation sites excluding steroid dienone is 1. The molecule has 2 aliphatic heterocycles. The first-order chi connectivity index (χ1) is 30.8. The first-order valence-corrected chi connectivity index (χ1v) is 24.2. The molecule has 5 atom stereocenters. The molecule has 3 N–H and O–H groups in total. The molecule has 0 radical (unpaired) electrons. The van der Waals surface area contributed by atoms with E-state index in [0.717, 1.165) is 36.2 Å². The summed E-state index contributed by atoms with van der Waals surface area (Å²) in [7, 11) is -2.47. The van der Waals surface area contributed by atoms with E-state index in [9.17, 15) is 36.0 Å². The normalized spacial score (nSPS) is 24.6. The molecule has 2 saturated carbocycles. The average molecular weight is 939 g/mol. The van der Waals surface area contributed by atoms with Crippen LogP contribution in [0.5, 0.6) is 17.2 Å². The molecular weight excluding hydrogens is 886 g/mol. The van der Waals surface area contributed by atoms with Gasteiger partial charge in [-0.1, -0.05) is 38.8 Å². The zero-order valence-corrected chi connectivity index (χ0v) is 38.4. The Kier molecular flexibility index (Phi) is 12.6. The van der Waals surface area contributed by atoms with Gasteiger partial charge in [-0.2, -0.15) is 0 Å². The Bertz CT molecular complexity index is 2620. The minimum atomic E-state index is -4.88. The molecule has 3 amide bonds. The van der Waals surface area contributed by atoms with Crippen molar-refractivity contribution in [3.63, 3.8) is 0 Å². The van der Waals surface area contributed by atoms with Gasteiger partial charge in [-0.3, -0.25) is 19.1 Å². The number of rotatable bonds is 11. The summed E-state index contributed by atoms with van der Waals surface area (Å²) in [5.41, 5.74) is 1.65. The van der Waals surface area contributed by atoms with Gasteiger partial charge in [-0.05, 0) is 94.7 Å². The predicted molar refractivity (Wildman–Crippen MR) is 239 cm³/mol. The first kappa shape index (κ1) is 46.1. The number of hydrogen-bond acceptors (Lipinski definition) is 12. The van der Waals surface area contributed by atoms with Crippen molar-refractivity contribution in [2.45, 2.75) is 126 Å². The van der Waals surface area contributed by atoms with E-state index in [1.54, 1.807) is 20.1 Å². The number of aromatic nitrogens is 2. The fourth-order valence-electron chi connectivity index (χ4n) is 8.56. The number of carbonyl (C=O) groups is 3. The van der Waals surface area contributed by atoms with Crippen LogP contribution in [0.4, 0.5) is 18.9 Å². The maximum absolute atomic E-state index is 15.0. The summed E-state index contributed by atoms with van der Waals surface area (Å²) in [6, 6.07) is 8.43. The fourth-order valence-corrected chi connectivity index (χ4v) is 10.8. The van der Waals surface area contributed by atoms with Crippen molar-refractivity contribution in [3.8, 4) is 28.0 Å². The third kappa shape index (κ3) is 9.76. The van der Waals surface area contributed by atoms with Crippen LogP contribution < -0.4 is 29.6 Å². The lowest BCUT2D eigenvalue weighted by Gasteiger charge is -2.30. The Morgan fingerprint density at radius 3 is 2.48 bits per heavy atom. The number of nitrogens with zero attached hydrogens (tertiary/aromatic N) is 3. The van der Waals surface area contributed by atoms with E-state index < -0.39 is 74.2 Å². The molecule has 4 aliphatic rings. The second-order valence-electron chi connectivity index (χ2n) is 18.0. The summed E-state index contributed by atoms with van der Waals surface area (Å²) >= 11 is 1.45. The summed E-state index contributed by atoms with van der Waals surface area (Å²) in [5.74, 6) is -1.61. The van der Waals surface area contributed by atoms with Crippen LogP contribution >= 0.6 is 11.3 Å². The lowest BCUT2D eigenvalue weighted by Crippen LogP contribution is -2.58. The largest absolute Gasteiger partial charge is 0.573 e. The molecule has 2 aromatic carbocycles. The molecular formula is C46H53F3N6O8S2. The van der Waals surface area contributed by atoms with Crippen LogP contribution in [0.1, 0.15) is 95.7 Å². The fraction of sp³-hybridized carbons (Fsp3) is 0.500. The highest BCUT2D eigenvalue weighted by molar-refractivity contribution is 7.91. The third-order valence-electron chi connectivity index (χ3n) is 12.9. The molecule has 1 saturated heterocycles. The van der Waals surface area contributed by atoms with Gasteiger partial charge in [0.15, 0.2) is 0 Å². The number of thiazole rings is 1. The highest BCUT2D eigenvalue weighted by Crippen LogP contribution is 2.48. The molecule has 2 aromatic heterocycles. The number of carbonyl (C=O) groups excluding carboxylic acids is 3. The number of amides is 3. The Morgan fingerprint density at radius 2 is 1.80 bits per heavy atom. The van der Waals surface area contributed by atoms with Gasteiger partial charge >= 0.3 is 6.36 Å². The maximum atomic E-state index is 15.0. The van der Waals surface area contributed by atoms with E-state index in [1.165, 1.54) is 28.4 Å². The van der Waals surface area contributed by atoms with Crippen LogP contribution in [0.25, 0.3) is 21.6 Å². The lowest BCUT2D eigenvalue weighted by molar-refractivity contribution is -0.274. The number of hydrogen-bond donors (Lipinski definition) is 3. The molecule has 19 heteroatoms. The van der Waals surface area contributed by atoms with Gasteiger partial charge in [0.2, 0.25) is 21.8 Å². The molecule has 3 fully saturated rings. The number of anilines is 1. The van der Waals surface area contributed by atoms with E-state index >= 15 is 0 Å². The summed E-state index contributed by atoms with van der Waals surface area (Å²) in [6.45, 7) is 7.53. The monoisotopic (exact) mass is 938 g/mol. The van der Waals surface area contributed by atoms with Crippen molar-refractivity contribution >= 4 is 55.7 Å². The number of pyridine rings is 1. The number of aryl methyl sites for hydroxylation is 1. The molecule has 4 heterocycles. The highest BCUT2D eigenvalue weighted by Gasteiger charge is 2.63. The number of fused-ring (bicyclic) bond motifs is 3.